The van der Waals surface area contributed by atoms with Crippen molar-refractivity contribution in [2.45, 2.75) is 32.1 Å². The first kappa shape index (κ1) is 20.4. The first-order valence-electron chi connectivity index (χ1n) is 8.11. The molecule has 0 bridgehead atoms. The zero-order valence-electron chi connectivity index (χ0n) is 14.7. The Bertz CT molecular complexity index is 722. The van der Waals surface area contributed by atoms with Gasteiger partial charge in [0.2, 0.25) is 0 Å². The molecular formula is C18H21ClO7. The maximum atomic E-state index is 8.49. The average molecular weight is 385 g/mol. The van der Waals surface area contributed by atoms with Crippen molar-refractivity contribution in [3.05, 3.63) is 41.7 Å². The molecular weight excluding hydrogens is 364 g/mol. The molecule has 1 aromatic heterocycles. The number of rotatable bonds is 3. The lowest BCUT2D eigenvalue weighted by Gasteiger charge is -2.17. The number of aryl methyl sites for hydroxylation is 2. The van der Waals surface area contributed by atoms with Gasteiger partial charge in [-0.05, 0) is 37.5 Å². The van der Waals surface area contributed by atoms with Crippen molar-refractivity contribution < 1.29 is 42.8 Å². The summed E-state index contributed by atoms with van der Waals surface area (Å²) in [6.45, 7) is 0. The molecule has 0 saturated heterocycles. The van der Waals surface area contributed by atoms with Gasteiger partial charge in [0.05, 0.1) is 31.8 Å². The second-order valence-corrected chi connectivity index (χ2v) is 6.51. The van der Waals surface area contributed by atoms with Gasteiger partial charge < -0.3 is 9.47 Å². The first-order chi connectivity index (χ1) is 12.3. The van der Waals surface area contributed by atoms with Gasteiger partial charge in [-0.25, -0.2) is 23.1 Å². The smallest absolute Gasteiger partial charge is 0.360 e. The lowest BCUT2D eigenvalue weighted by molar-refractivity contribution is -2.00. The summed E-state index contributed by atoms with van der Waals surface area (Å²) < 4.78 is 50.8. The van der Waals surface area contributed by atoms with Gasteiger partial charge >= 0.3 is 11.5 Å². The van der Waals surface area contributed by atoms with Crippen molar-refractivity contribution in [1.82, 2.24) is 0 Å². The van der Waals surface area contributed by atoms with Crippen LogP contribution in [0.4, 0.5) is 0 Å². The van der Waals surface area contributed by atoms with Gasteiger partial charge in [0.25, 0.3) is 0 Å². The minimum absolute atomic E-state index is 0.722. The number of methoxy groups -OCH3 is 2. The van der Waals surface area contributed by atoms with E-state index in [0.717, 1.165) is 41.4 Å². The second kappa shape index (κ2) is 9.16. The molecule has 0 atom stereocenters. The summed E-state index contributed by atoms with van der Waals surface area (Å²) in [7, 11) is -1.65. The van der Waals surface area contributed by atoms with Crippen LogP contribution in [0.25, 0.3) is 11.3 Å². The Morgan fingerprint density at radius 3 is 2.15 bits per heavy atom. The predicted octanol–water partition coefficient (Wildman–Crippen LogP) is -0.242. The van der Waals surface area contributed by atoms with Gasteiger partial charge in [-0.3, -0.25) is 0 Å². The molecule has 142 valence electrons. The largest absolute Gasteiger partial charge is 0.493 e. The first-order valence-corrected chi connectivity index (χ1v) is 9.34. The number of halogens is 1. The van der Waals surface area contributed by atoms with Gasteiger partial charge in [-0.1, -0.05) is 6.42 Å². The van der Waals surface area contributed by atoms with Crippen molar-refractivity contribution in [3.8, 4) is 22.8 Å². The molecule has 3 rings (SSSR count). The summed E-state index contributed by atoms with van der Waals surface area (Å²) in [5.74, 6) is 3.48. The van der Waals surface area contributed by atoms with E-state index in [1.807, 2.05) is 18.2 Å². The molecule has 0 N–H and O–H groups in total. The van der Waals surface area contributed by atoms with Gasteiger partial charge in [-0.2, -0.15) is 0 Å². The van der Waals surface area contributed by atoms with Gasteiger partial charge in [0.15, 0.2) is 11.5 Å². The molecule has 7 nitrogen and oxygen atoms in total. The quantitative estimate of drug-likeness (QED) is 0.528. The van der Waals surface area contributed by atoms with Gasteiger partial charge in [-0.15, -0.1) is 10.2 Å². The second-order valence-electron chi connectivity index (χ2n) is 5.76. The molecule has 0 saturated carbocycles. The average Bonchev–Trinajstić information content (AvgIpc) is 2.84. The van der Waals surface area contributed by atoms with Crippen molar-refractivity contribution >= 4 is 0 Å². The monoisotopic (exact) mass is 384 g/mol. The fourth-order valence-corrected chi connectivity index (χ4v) is 2.86. The van der Waals surface area contributed by atoms with Crippen molar-refractivity contribution in [3.63, 3.8) is 0 Å². The van der Waals surface area contributed by atoms with Crippen LogP contribution in [0, 0.1) is 10.2 Å². The van der Waals surface area contributed by atoms with Crippen LogP contribution in [0.15, 0.2) is 34.7 Å². The van der Waals surface area contributed by atoms with E-state index < -0.39 is 10.2 Å². The maximum absolute atomic E-state index is 8.49. The lowest BCUT2D eigenvalue weighted by Crippen LogP contribution is -2.68. The third kappa shape index (κ3) is 6.12. The Morgan fingerprint density at radius 1 is 0.846 bits per heavy atom. The molecule has 8 heteroatoms. The lowest BCUT2D eigenvalue weighted by atomic mass is 10.1. The summed E-state index contributed by atoms with van der Waals surface area (Å²) >= 11 is 0. The molecule has 1 aliphatic carbocycles. The summed E-state index contributed by atoms with van der Waals surface area (Å²) in [6.07, 6.45) is 5.93. The van der Waals surface area contributed by atoms with Crippen molar-refractivity contribution in [2.24, 2.45) is 0 Å². The Morgan fingerprint density at radius 2 is 1.50 bits per heavy atom. The van der Waals surface area contributed by atoms with Crippen LogP contribution in [0.1, 0.15) is 30.6 Å². The molecule has 0 radical (unpaired) electrons. The van der Waals surface area contributed by atoms with E-state index in [1.165, 1.54) is 24.8 Å². The molecule has 2 aromatic rings. The summed E-state index contributed by atoms with van der Waals surface area (Å²) in [5.41, 5.74) is 2.37. The number of benzene rings is 1. The molecule has 0 spiro atoms. The number of ether oxygens (including phenoxy) is 2. The highest BCUT2D eigenvalue weighted by molar-refractivity contribution is 5.62. The zero-order valence-corrected chi connectivity index (χ0v) is 15.4. The molecule has 26 heavy (non-hydrogen) atoms. The Hall–Kier alpha value is -1.90. The Labute approximate surface area is 154 Å². The molecule has 1 heterocycles. The van der Waals surface area contributed by atoms with Gasteiger partial charge in [0, 0.05) is 12.1 Å². The van der Waals surface area contributed by atoms with E-state index in [2.05, 4.69) is 12.1 Å². The molecule has 1 aromatic carbocycles. The molecule has 0 aliphatic heterocycles. The third-order valence-electron chi connectivity index (χ3n) is 4.05. The molecule has 0 unspecified atom stereocenters. The van der Waals surface area contributed by atoms with E-state index >= 15 is 0 Å². The minimum Gasteiger partial charge on any atom is -0.493 e. The van der Waals surface area contributed by atoms with E-state index in [-0.39, 0.29) is 0 Å². The molecule has 0 fully saturated rings. The minimum atomic E-state index is -4.94. The predicted molar refractivity (Wildman–Crippen MR) is 82.9 cm³/mol. The number of hydrogen-bond acceptors (Lipinski definition) is 6. The Balaban J connectivity index is 0.000000431. The van der Waals surface area contributed by atoms with E-state index in [0.29, 0.717) is 0 Å². The summed E-state index contributed by atoms with van der Waals surface area (Å²) in [4.78, 5) is 0. The van der Waals surface area contributed by atoms with E-state index in [1.54, 1.807) is 14.2 Å². The van der Waals surface area contributed by atoms with Crippen LogP contribution in [-0.4, -0.2) is 14.2 Å². The highest BCUT2D eigenvalue weighted by Crippen LogP contribution is 2.33. The van der Waals surface area contributed by atoms with E-state index in [9.17, 15) is 0 Å². The normalized spacial score (nSPS) is 13.8. The van der Waals surface area contributed by atoms with Crippen LogP contribution in [0.5, 0.6) is 11.5 Å². The van der Waals surface area contributed by atoms with Crippen molar-refractivity contribution in [1.29, 1.82) is 0 Å². The number of fused-ring (bicyclic) bond motifs is 1. The van der Waals surface area contributed by atoms with Crippen molar-refractivity contribution in [2.75, 3.05) is 14.2 Å². The summed E-state index contributed by atoms with van der Waals surface area (Å²) in [5, 5.41) is 0. The number of hydrogen-bond donors (Lipinski definition) is 0. The van der Waals surface area contributed by atoms with Crippen LogP contribution >= 0.6 is 0 Å². The van der Waals surface area contributed by atoms with Crippen LogP contribution in [-0.2, 0) is 12.8 Å². The highest BCUT2D eigenvalue weighted by atomic mass is 35.7. The summed E-state index contributed by atoms with van der Waals surface area (Å²) in [6, 6.07) is 10.1. The Kier molecular flexibility index (Phi) is 7.19. The SMILES string of the molecule is COc1ccc(-c2ccc3c([o+]2)CCCCC3)cc1OC.[O-][Cl+3]([O-])([O-])[O-]. The fraction of sp³-hybridized carbons (Fsp3) is 0.389. The fourth-order valence-electron chi connectivity index (χ4n) is 2.86. The van der Waals surface area contributed by atoms with E-state index in [4.69, 9.17) is 32.5 Å². The van der Waals surface area contributed by atoms with Crippen LogP contribution in [0.2, 0.25) is 0 Å². The third-order valence-corrected chi connectivity index (χ3v) is 4.05. The van der Waals surface area contributed by atoms with Crippen LogP contribution in [0.3, 0.4) is 0 Å². The highest BCUT2D eigenvalue weighted by Gasteiger charge is 2.22. The standard InChI is InChI=1S/C18H21O3.ClHO4/c1-19-17-11-9-14(12-18(17)20-2)16-10-8-13-6-4-3-5-7-15(13)21-16;2-1(3,4)5/h8-12H,3-7H2,1-2H3;(H,2,3,4,5)/q+1;/p-1. The molecule has 0 amide bonds. The topological polar surface area (TPSA) is 122 Å². The molecule has 1 aliphatic rings. The maximum Gasteiger partial charge on any atom is 0.360 e. The van der Waals surface area contributed by atoms with Gasteiger partial charge in [0.1, 0.15) is 0 Å². The zero-order chi connectivity index (χ0) is 19.2. The van der Waals surface area contributed by atoms with Crippen LogP contribution < -0.4 is 28.1 Å².